The molecular formula is C9H12O2. The van der Waals surface area contributed by atoms with E-state index in [-0.39, 0.29) is 13.7 Å². The first-order valence-corrected chi connectivity index (χ1v) is 3.44. The zero-order chi connectivity index (χ0) is 8.81. The Morgan fingerprint density at radius 1 is 1.55 bits per heavy atom. The van der Waals surface area contributed by atoms with Crippen molar-refractivity contribution in [2.45, 2.75) is 6.10 Å². The molecule has 1 rings (SSSR count). The van der Waals surface area contributed by atoms with Crippen LogP contribution in [0.5, 0.6) is 0 Å². The molecule has 2 nitrogen and oxygen atoms in total. The van der Waals surface area contributed by atoms with E-state index in [2.05, 4.69) is 0 Å². The van der Waals surface area contributed by atoms with Crippen LogP contribution < -0.4 is 0 Å². The normalized spacial score (nSPS) is 14.1. The molecule has 0 amide bonds. The van der Waals surface area contributed by atoms with E-state index in [0.717, 1.165) is 5.56 Å². The second-order valence-corrected chi connectivity index (χ2v) is 2.30. The molecule has 0 saturated carbocycles. The third-order valence-corrected chi connectivity index (χ3v) is 1.46. The van der Waals surface area contributed by atoms with Crippen molar-refractivity contribution in [1.29, 1.82) is 0 Å². The van der Waals surface area contributed by atoms with Crippen molar-refractivity contribution in [3.05, 3.63) is 35.9 Å². The fourth-order valence-corrected chi connectivity index (χ4v) is 0.883. The van der Waals surface area contributed by atoms with Gasteiger partial charge in [0, 0.05) is 7.09 Å². The summed E-state index contributed by atoms with van der Waals surface area (Å²) in [5, 5.41) is 9.44. The van der Waals surface area contributed by atoms with Gasteiger partial charge in [-0.15, -0.1) is 0 Å². The zero-order valence-electron chi connectivity index (χ0n) is 7.23. The smallest absolute Gasteiger partial charge is 0.102 e. The predicted octanol–water partition coefficient (Wildman–Crippen LogP) is 1.37. The van der Waals surface area contributed by atoms with Crippen LogP contribution in [0.25, 0.3) is 0 Å². The van der Waals surface area contributed by atoms with Crippen LogP contribution in [0.3, 0.4) is 0 Å². The Balaban J connectivity index is 2.48. The number of hydrogen-bond donors (Lipinski definition) is 1. The molecule has 0 bridgehead atoms. The Labute approximate surface area is 67.8 Å². The van der Waals surface area contributed by atoms with Crippen molar-refractivity contribution >= 4 is 0 Å². The lowest BCUT2D eigenvalue weighted by molar-refractivity contribution is 0.0644. The van der Waals surface area contributed by atoms with Crippen LogP contribution in [0.1, 0.15) is 13.0 Å². The molecule has 11 heavy (non-hydrogen) atoms. The van der Waals surface area contributed by atoms with Crippen molar-refractivity contribution in [2.24, 2.45) is 0 Å². The number of rotatable bonds is 3. The van der Waals surface area contributed by atoms with Gasteiger partial charge >= 0.3 is 0 Å². The van der Waals surface area contributed by atoms with Gasteiger partial charge in [0.25, 0.3) is 0 Å². The van der Waals surface area contributed by atoms with E-state index >= 15 is 0 Å². The van der Waals surface area contributed by atoms with E-state index < -0.39 is 6.10 Å². The molecule has 0 aliphatic heterocycles. The Morgan fingerprint density at radius 2 is 2.27 bits per heavy atom. The molecule has 1 N–H and O–H groups in total. The van der Waals surface area contributed by atoms with Gasteiger partial charge in [0.1, 0.15) is 6.10 Å². The van der Waals surface area contributed by atoms with Crippen LogP contribution in [0.2, 0.25) is 0 Å². The van der Waals surface area contributed by atoms with E-state index in [1.807, 2.05) is 30.3 Å². The quantitative estimate of drug-likeness (QED) is 0.710. The number of ether oxygens (including phenoxy) is 1. The molecule has 0 spiro atoms. The van der Waals surface area contributed by atoms with Gasteiger partial charge in [-0.05, 0) is 5.56 Å². The zero-order valence-corrected chi connectivity index (χ0v) is 6.23. The summed E-state index contributed by atoms with van der Waals surface area (Å²) in [6, 6.07) is 9.27. The lowest BCUT2D eigenvalue weighted by Crippen LogP contribution is -2.04. The summed E-state index contributed by atoms with van der Waals surface area (Å²) in [5.41, 5.74) is 0.825. The minimum Gasteiger partial charge on any atom is -0.386 e. The third-order valence-electron chi connectivity index (χ3n) is 1.46. The van der Waals surface area contributed by atoms with Gasteiger partial charge in [-0.25, -0.2) is 0 Å². The highest BCUT2D eigenvalue weighted by atomic mass is 16.5. The van der Waals surface area contributed by atoms with Crippen molar-refractivity contribution in [3.8, 4) is 0 Å². The fourth-order valence-electron chi connectivity index (χ4n) is 0.883. The number of methoxy groups -OCH3 is 1. The molecule has 0 saturated heterocycles. The van der Waals surface area contributed by atoms with Gasteiger partial charge in [-0.1, -0.05) is 30.3 Å². The van der Waals surface area contributed by atoms with Gasteiger partial charge in [-0.2, -0.15) is 0 Å². The lowest BCUT2D eigenvalue weighted by atomic mass is 10.1. The summed E-state index contributed by atoms with van der Waals surface area (Å²) in [7, 11) is -0.107. The van der Waals surface area contributed by atoms with Gasteiger partial charge in [0.05, 0.1) is 7.98 Å². The van der Waals surface area contributed by atoms with Crippen LogP contribution >= 0.6 is 0 Å². The predicted molar refractivity (Wildman–Crippen MR) is 43.3 cm³/mol. The summed E-state index contributed by atoms with van der Waals surface area (Å²) in [6.07, 6.45) is -0.614. The highest BCUT2D eigenvalue weighted by molar-refractivity contribution is 5.17. The van der Waals surface area contributed by atoms with E-state index in [1.54, 1.807) is 0 Å². The Hall–Kier alpha value is -0.860. The maximum atomic E-state index is 9.44. The van der Waals surface area contributed by atoms with Crippen molar-refractivity contribution in [1.82, 2.24) is 0 Å². The van der Waals surface area contributed by atoms with Gasteiger partial charge in [0.2, 0.25) is 0 Å². The van der Waals surface area contributed by atoms with Crippen LogP contribution in [0, 0.1) is 0 Å². The molecule has 0 heterocycles. The molecule has 2 heteroatoms. The van der Waals surface area contributed by atoms with E-state index in [9.17, 15) is 5.11 Å². The molecular weight excluding hydrogens is 140 g/mol. The van der Waals surface area contributed by atoms with Crippen molar-refractivity contribution < 1.29 is 11.2 Å². The first kappa shape index (κ1) is 6.83. The molecule has 0 aliphatic carbocycles. The first-order chi connectivity index (χ1) is 5.84. The largest absolute Gasteiger partial charge is 0.386 e. The number of hydrogen-bond acceptors (Lipinski definition) is 2. The van der Waals surface area contributed by atoms with E-state index in [4.69, 9.17) is 6.11 Å². The molecule has 60 valence electrons. The van der Waals surface area contributed by atoms with Crippen molar-refractivity contribution in [2.75, 3.05) is 13.7 Å². The summed E-state index contributed by atoms with van der Waals surface area (Å²) < 4.78 is 11.5. The Morgan fingerprint density at radius 3 is 2.91 bits per heavy atom. The third kappa shape index (κ3) is 2.33. The number of aliphatic hydroxyl groups is 1. The van der Waals surface area contributed by atoms with Crippen LogP contribution in [-0.4, -0.2) is 18.8 Å². The summed E-state index contributed by atoms with van der Waals surface area (Å²) in [5.74, 6) is 0. The lowest BCUT2D eigenvalue weighted by Gasteiger charge is -2.08. The topological polar surface area (TPSA) is 29.5 Å². The summed E-state index contributed by atoms with van der Waals surface area (Å²) in [4.78, 5) is 0. The fraction of sp³-hybridized carbons (Fsp3) is 0.333. The average Bonchev–Trinajstić information content (AvgIpc) is 2.15. The molecule has 0 aliphatic rings. The minimum absolute atomic E-state index is 0.107. The molecule has 0 aromatic heterocycles. The second kappa shape index (κ2) is 4.11. The van der Waals surface area contributed by atoms with Crippen molar-refractivity contribution in [3.63, 3.8) is 0 Å². The first-order valence-electron chi connectivity index (χ1n) is 4.15. The molecule has 1 unspecified atom stereocenters. The van der Waals surface area contributed by atoms with Gasteiger partial charge in [0.15, 0.2) is 0 Å². The minimum atomic E-state index is -0.614. The molecule has 1 aromatic rings. The highest BCUT2D eigenvalue weighted by Gasteiger charge is 2.03. The maximum absolute atomic E-state index is 9.44. The number of benzene rings is 1. The SMILES string of the molecule is [2H]COCC(O)c1ccccc1. The Bertz CT molecular complexity index is 213. The second-order valence-electron chi connectivity index (χ2n) is 2.30. The number of aliphatic hydroxyl groups excluding tert-OH is 1. The molecule has 1 aromatic carbocycles. The molecule has 0 fully saturated rings. The molecule has 1 atom stereocenters. The van der Waals surface area contributed by atoms with Crippen LogP contribution in [-0.2, 0) is 4.74 Å². The standard InChI is InChI=1S/C9H12O2/c1-11-7-9(10)8-5-3-2-4-6-8/h2-6,9-10H,7H2,1H3/i1D. The van der Waals surface area contributed by atoms with E-state index in [1.165, 1.54) is 0 Å². The summed E-state index contributed by atoms with van der Waals surface area (Å²) in [6.45, 7) is 0.188. The average molecular weight is 153 g/mol. The molecule has 0 radical (unpaired) electrons. The van der Waals surface area contributed by atoms with E-state index in [0.29, 0.717) is 0 Å². The van der Waals surface area contributed by atoms with Gasteiger partial charge < -0.3 is 9.84 Å². The maximum Gasteiger partial charge on any atom is 0.102 e. The highest BCUT2D eigenvalue weighted by Crippen LogP contribution is 2.11. The monoisotopic (exact) mass is 153 g/mol. The Kier molecular flexibility index (Phi) is 2.55. The van der Waals surface area contributed by atoms with Crippen LogP contribution in [0.15, 0.2) is 30.3 Å². The van der Waals surface area contributed by atoms with Gasteiger partial charge in [-0.3, -0.25) is 0 Å². The van der Waals surface area contributed by atoms with Crippen LogP contribution in [0.4, 0.5) is 0 Å². The summed E-state index contributed by atoms with van der Waals surface area (Å²) >= 11 is 0.